The summed E-state index contributed by atoms with van der Waals surface area (Å²) in [5, 5.41) is 2.88. The molecule has 0 saturated heterocycles. The molecular weight excluding hydrogens is 412 g/mol. The fraction of sp³-hybridized carbons (Fsp3) is 0.208. The molecule has 3 aromatic rings. The van der Waals surface area contributed by atoms with E-state index in [4.69, 9.17) is 4.74 Å². The van der Waals surface area contributed by atoms with E-state index in [1.54, 1.807) is 55.5 Å². The van der Waals surface area contributed by atoms with Crippen LogP contribution in [0.15, 0.2) is 83.8 Å². The number of methoxy groups -OCH3 is 1. The standard InChI is InChI=1S/C24H26N2O4S/c1-18-14-15-22(30-3)23(16-18)31(28,29)26(21-12-8-5-9-13-21)17-24(27)25-19(2)20-10-6-4-7-11-20/h4-16,19H,17H2,1-3H3,(H,25,27)/t19-/m0/s1. The minimum Gasteiger partial charge on any atom is -0.495 e. The van der Waals surface area contributed by atoms with Crippen LogP contribution < -0.4 is 14.4 Å². The number of sulfonamides is 1. The average Bonchev–Trinajstić information content (AvgIpc) is 2.78. The fourth-order valence-corrected chi connectivity index (χ4v) is 4.92. The van der Waals surface area contributed by atoms with Crippen molar-refractivity contribution >= 4 is 21.6 Å². The lowest BCUT2D eigenvalue weighted by Gasteiger charge is -2.26. The third kappa shape index (κ3) is 5.24. The molecule has 3 aromatic carbocycles. The quantitative estimate of drug-likeness (QED) is 0.575. The van der Waals surface area contributed by atoms with Crippen molar-refractivity contribution in [1.82, 2.24) is 5.32 Å². The van der Waals surface area contributed by atoms with Gasteiger partial charge in [-0.05, 0) is 49.2 Å². The van der Waals surface area contributed by atoms with Crippen molar-refractivity contribution in [2.45, 2.75) is 24.8 Å². The van der Waals surface area contributed by atoms with E-state index in [9.17, 15) is 13.2 Å². The Balaban J connectivity index is 1.94. The van der Waals surface area contributed by atoms with Crippen molar-refractivity contribution in [3.05, 3.63) is 90.0 Å². The maximum atomic E-state index is 13.6. The van der Waals surface area contributed by atoms with Gasteiger partial charge >= 0.3 is 0 Å². The summed E-state index contributed by atoms with van der Waals surface area (Å²) in [6.45, 7) is 3.30. The molecule has 0 aliphatic carbocycles. The number of carbonyl (C=O) groups excluding carboxylic acids is 1. The van der Waals surface area contributed by atoms with Gasteiger partial charge in [0, 0.05) is 0 Å². The van der Waals surface area contributed by atoms with Crippen LogP contribution in [0.25, 0.3) is 0 Å². The van der Waals surface area contributed by atoms with Crippen LogP contribution >= 0.6 is 0 Å². The topological polar surface area (TPSA) is 75.7 Å². The van der Waals surface area contributed by atoms with Gasteiger partial charge in [-0.1, -0.05) is 54.6 Å². The highest BCUT2D eigenvalue weighted by atomic mass is 32.2. The first-order valence-electron chi connectivity index (χ1n) is 9.89. The molecule has 31 heavy (non-hydrogen) atoms. The fourth-order valence-electron chi connectivity index (χ4n) is 3.26. The Labute approximate surface area is 183 Å². The molecule has 1 amide bonds. The minimum atomic E-state index is -4.07. The Morgan fingerprint density at radius 3 is 2.23 bits per heavy atom. The summed E-state index contributed by atoms with van der Waals surface area (Å²) in [6, 6.07) is 22.8. The number of benzene rings is 3. The second kappa shape index (κ2) is 9.66. The Hall–Kier alpha value is -3.32. The summed E-state index contributed by atoms with van der Waals surface area (Å²) in [5.41, 5.74) is 2.11. The molecule has 0 bridgehead atoms. The van der Waals surface area contributed by atoms with E-state index in [0.717, 1.165) is 15.4 Å². The lowest BCUT2D eigenvalue weighted by molar-refractivity contribution is -0.120. The van der Waals surface area contributed by atoms with Crippen LogP contribution in [0, 0.1) is 6.92 Å². The van der Waals surface area contributed by atoms with Crippen LogP contribution in [0.2, 0.25) is 0 Å². The van der Waals surface area contributed by atoms with Crippen molar-refractivity contribution < 1.29 is 17.9 Å². The Kier molecular flexibility index (Phi) is 6.97. The number of amides is 1. The molecule has 6 nitrogen and oxygen atoms in total. The lowest BCUT2D eigenvalue weighted by atomic mass is 10.1. The summed E-state index contributed by atoms with van der Waals surface area (Å²) < 4.78 is 33.6. The number of nitrogens with zero attached hydrogens (tertiary/aromatic N) is 1. The number of hydrogen-bond acceptors (Lipinski definition) is 4. The normalized spacial score (nSPS) is 12.1. The highest BCUT2D eigenvalue weighted by Crippen LogP contribution is 2.30. The number of para-hydroxylation sites is 1. The summed E-state index contributed by atoms with van der Waals surface area (Å²) in [5.74, 6) is -0.181. The molecule has 0 unspecified atom stereocenters. The Morgan fingerprint density at radius 2 is 1.61 bits per heavy atom. The van der Waals surface area contributed by atoms with E-state index < -0.39 is 15.9 Å². The third-order valence-corrected chi connectivity index (χ3v) is 6.69. The van der Waals surface area contributed by atoms with Gasteiger partial charge in [0.2, 0.25) is 5.91 Å². The van der Waals surface area contributed by atoms with E-state index in [-0.39, 0.29) is 23.2 Å². The van der Waals surface area contributed by atoms with E-state index in [0.29, 0.717) is 5.69 Å². The molecule has 0 spiro atoms. The number of aryl methyl sites for hydroxylation is 1. The molecule has 0 radical (unpaired) electrons. The molecular formula is C24H26N2O4S. The van der Waals surface area contributed by atoms with Gasteiger partial charge in [-0.15, -0.1) is 0 Å². The number of ether oxygens (including phenoxy) is 1. The monoisotopic (exact) mass is 438 g/mol. The third-order valence-electron chi connectivity index (χ3n) is 4.90. The minimum absolute atomic E-state index is 0.0164. The van der Waals surface area contributed by atoms with Crippen LogP contribution in [0.3, 0.4) is 0 Å². The second-order valence-electron chi connectivity index (χ2n) is 7.20. The van der Waals surface area contributed by atoms with Crippen molar-refractivity contribution in [2.24, 2.45) is 0 Å². The molecule has 0 saturated carbocycles. The molecule has 0 aromatic heterocycles. The summed E-state index contributed by atoms with van der Waals surface area (Å²) in [6.07, 6.45) is 0. The van der Waals surface area contributed by atoms with Gasteiger partial charge in [-0.3, -0.25) is 9.10 Å². The summed E-state index contributed by atoms with van der Waals surface area (Å²) in [4.78, 5) is 12.9. The second-order valence-corrected chi connectivity index (χ2v) is 9.03. The highest BCUT2D eigenvalue weighted by molar-refractivity contribution is 7.93. The Bertz CT molecular complexity index is 1130. The molecule has 0 aliphatic rings. The predicted octanol–water partition coefficient (Wildman–Crippen LogP) is 4.08. The molecule has 1 N–H and O–H groups in total. The van der Waals surface area contributed by atoms with Gasteiger partial charge in [-0.25, -0.2) is 8.42 Å². The average molecular weight is 439 g/mol. The first kappa shape index (κ1) is 22.4. The van der Waals surface area contributed by atoms with Crippen molar-refractivity contribution in [2.75, 3.05) is 18.0 Å². The van der Waals surface area contributed by atoms with Crippen LogP contribution in [0.1, 0.15) is 24.1 Å². The summed E-state index contributed by atoms with van der Waals surface area (Å²) >= 11 is 0. The van der Waals surface area contributed by atoms with Gasteiger partial charge in [0.15, 0.2) is 0 Å². The molecule has 7 heteroatoms. The lowest BCUT2D eigenvalue weighted by Crippen LogP contribution is -2.41. The SMILES string of the molecule is COc1ccc(C)cc1S(=O)(=O)N(CC(=O)N[C@@H](C)c1ccccc1)c1ccccc1. The Morgan fingerprint density at radius 1 is 1.00 bits per heavy atom. The van der Waals surface area contributed by atoms with Crippen LogP contribution in [-0.4, -0.2) is 28.0 Å². The zero-order valence-electron chi connectivity index (χ0n) is 17.8. The zero-order chi connectivity index (χ0) is 22.4. The van der Waals surface area contributed by atoms with Gasteiger partial charge < -0.3 is 10.1 Å². The first-order chi connectivity index (χ1) is 14.8. The zero-order valence-corrected chi connectivity index (χ0v) is 18.6. The maximum absolute atomic E-state index is 13.6. The van der Waals surface area contributed by atoms with Gasteiger partial charge in [0.25, 0.3) is 10.0 Å². The number of rotatable bonds is 8. The molecule has 1 atom stereocenters. The number of hydrogen-bond donors (Lipinski definition) is 1. The first-order valence-corrected chi connectivity index (χ1v) is 11.3. The van der Waals surface area contributed by atoms with Crippen LogP contribution in [-0.2, 0) is 14.8 Å². The predicted molar refractivity (Wildman–Crippen MR) is 122 cm³/mol. The van der Waals surface area contributed by atoms with Crippen LogP contribution in [0.4, 0.5) is 5.69 Å². The molecule has 3 rings (SSSR count). The largest absolute Gasteiger partial charge is 0.495 e. The van der Waals surface area contributed by atoms with Crippen molar-refractivity contribution in [1.29, 1.82) is 0 Å². The van der Waals surface area contributed by atoms with E-state index >= 15 is 0 Å². The molecule has 0 fully saturated rings. The van der Waals surface area contributed by atoms with Crippen molar-refractivity contribution in [3.8, 4) is 5.75 Å². The van der Waals surface area contributed by atoms with Gasteiger partial charge in [0.1, 0.15) is 17.2 Å². The van der Waals surface area contributed by atoms with Crippen LogP contribution in [0.5, 0.6) is 5.75 Å². The van der Waals surface area contributed by atoms with Gasteiger partial charge in [0.05, 0.1) is 18.8 Å². The van der Waals surface area contributed by atoms with Gasteiger partial charge in [-0.2, -0.15) is 0 Å². The maximum Gasteiger partial charge on any atom is 0.268 e. The highest BCUT2D eigenvalue weighted by Gasteiger charge is 2.30. The molecule has 0 heterocycles. The van der Waals surface area contributed by atoms with Crippen molar-refractivity contribution in [3.63, 3.8) is 0 Å². The number of carbonyl (C=O) groups is 1. The van der Waals surface area contributed by atoms with E-state index in [1.165, 1.54) is 7.11 Å². The number of nitrogens with one attached hydrogen (secondary N) is 1. The molecule has 0 aliphatic heterocycles. The smallest absolute Gasteiger partial charge is 0.268 e. The van der Waals surface area contributed by atoms with E-state index in [1.807, 2.05) is 37.3 Å². The number of anilines is 1. The van der Waals surface area contributed by atoms with E-state index in [2.05, 4.69) is 5.32 Å². The summed E-state index contributed by atoms with van der Waals surface area (Å²) in [7, 11) is -2.65. The molecule has 162 valence electrons.